The molecule has 33 heavy (non-hydrogen) atoms. The van der Waals surface area contributed by atoms with E-state index in [-0.39, 0.29) is 6.61 Å². The van der Waals surface area contributed by atoms with Crippen LogP contribution in [-0.2, 0) is 9.53 Å². The van der Waals surface area contributed by atoms with Gasteiger partial charge in [-0.1, -0.05) is 12.1 Å². The molecule has 2 aromatic carbocycles. The molecule has 3 aromatic rings. The number of aromatic nitrogens is 3. The van der Waals surface area contributed by atoms with Crippen molar-refractivity contribution >= 4 is 11.9 Å². The number of hydrogen-bond donors (Lipinski definition) is 1. The summed E-state index contributed by atoms with van der Waals surface area (Å²) >= 11 is 0. The first-order chi connectivity index (χ1) is 16.0. The zero-order chi connectivity index (χ0) is 23.5. The normalized spacial score (nSPS) is 14.9. The van der Waals surface area contributed by atoms with Crippen molar-refractivity contribution in [3.05, 3.63) is 59.3 Å². The second-order valence-corrected chi connectivity index (χ2v) is 7.36. The number of esters is 1. The van der Waals surface area contributed by atoms with Crippen LogP contribution in [0, 0.1) is 0 Å². The molecule has 0 radical (unpaired) electrons. The fraction of sp³-hybridized carbons (Fsp3) is 0.292. The van der Waals surface area contributed by atoms with Crippen molar-refractivity contribution in [3.8, 4) is 28.6 Å². The fourth-order valence-electron chi connectivity index (χ4n) is 3.78. The highest BCUT2D eigenvalue weighted by atomic mass is 16.5. The average molecular weight is 450 g/mol. The van der Waals surface area contributed by atoms with Gasteiger partial charge in [0.25, 0.3) is 0 Å². The summed E-state index contributed by atoms with van der Waals surface area (Å²) in [6, 6.07) is 12.4. The molecule has 172 valence electrons. The molecule has 1 aliphatic heterocycles. The largest absolute Gasteiger partial charge is 0.497 e. The predicted molar refractivity (Wildman–Crippen MR) is 123 cm³/mol. The van der Waals surface area contributed by atoms with E-state index >= 15 is 0 Å². The van der Waals surface area contributed by atoms with E-state index in [2.05, 4.69) is 5.32 Å². The maximum Gasteiger partial charge on any atom is 0.338 e. The van der Waals surface area contributed by atoms with Gasteiger partial charge in [-0.15, -0.1) is 5.10 Å². The maximum atomic E-state index is 12.9. The van der Waals surface area contributed by atoms with Gasteiger partial charge in [0.05, 0.1) is 33.5 Å². The van der Waals surface area contributed by atoms with Crippen LogP contribution in [0.15, 0.2) is 53.7 Å². The van der Waals surface area contributed by atoms with Gasteiger partial charge in [-0.2, -0.15) is 4.98 Å². The number of carbonyl (C=O) groups excluding carboxylic acids is 1. The number of hydrogen-bond acceptors (Lipinski definition) is 8. The van der Waals surface area contributed by atoms with Gasteiger partial charge in [-0.05, 0) is 43.7 Å². The summed E-state index contributed by atoms with van der Waals surface area (Å²) in [4.78, 5) is 17.6. The van der Waals surface area contributed by atoms with Gasteiger partial charge in [0.1, 0.15) is 23.3 Å². The van der Waals surface area contributed by atoms with Crippen molar-refractivity contribution in [1.82, 2.24) is 14.8 Å². The number of nitrogens with zero attached hydrogens (tertiary/aromatic N) is 3. The molecule has 1 N–H and O–H groups in total. The first kappa shape index (κ1) is 22.2. The van der Waals surface area contributed by atoms with Crippen LogP contribution < -0.4 is 19.5 Å². The Labute approximate surface area is 191 Å². The van der Waals surface area contributed by atoms with E-state index in [0.717, 1.165) is 11.1 Å². The zero-order valence-corrected chi connectivity index (χ0v) is 19.2. The number of allylic oxidation sites excluding steroid dienone is 1. The molecule has 4 rings (SSSR count). The van der Waals surface area contributed by atoms with Crippen LogP contribution in [0.2, 0.25) is 0 Å². The Morgan fingerprint density at radius 1 is 1.00 bits per heavy atom. The van der Waals surface area contributed by atoms with Crippen LogP contribution >= 0.6 is 0 Å². The molecule has 0 amide bonds. The highest BCUT2D eigenvalue weighted by molar-refractivity contribution is 5.92. The van der Waals surface area contributed by atoms with Crippen molar-refractivity contribution in [3.63, 3.8) is 0 Å². The van der Waals surface area contributed by atoms with Crippen LogP contribution in [0.5, 0.6) is 17.2 Å². The first-order valence-corrected chi connectivity index (χ1v) is 10.5. The van der Waals surface area contributed by atoms with E-state index in [0.29, 0.717) is 40.3 Å². The van der Waals surface area contributed by atoms with Crippen molar-refractivity contribution in [2.75, 3.05) is 33.3 Å². The molecule has 0 spiro atoms. The standard InChI is InChI=1S/C24H26N4O5/c1-6-33-23(29)20-14(2)25-24-26-22(16-11-18(31-4)13-19(12-16)32-5)27-28(24)21(20)15-7-9-17(30-3)10-8-15/h7-13,21H,6H2,1-5H3,(H,25,26,27). The number of nitrogens with one attached hydrogen (secondary N) is 1. The lowest BCUT2D eigenvalue weighted by atomic mass is 9.96. The third-order valence-corrected chi connectivity index (χ3v) is 5.39. The Kier molecular flexibility index (Phi) is 6.21. The molecule has 1 aromatic heterocycles. The van der Waals surface area contributed by atoms with Crippen molar-refractivity contribution in [1.29, 1.82) is 0 Å². The van der Waals surface area contributed by atoms with Crippen LogP contribution in [0.1, 0.15) is 25.5 Å². The van der Waals surface area contributed by atoms with Crippen LogP contribution in [0.3, 0.4) is 0 Å². The van der Waals surface area contributed by atoms with Crippen LogP contribution in [0.25, 0.3) is 11.4 Å². The lowest BCUT2D eigenvalue weighted by Crippen LogP contribution is -2.29. The molecule has 2 heterocycles. The molecule has 0 aliphatic carbocycles. The predicted octanol–water partition coefficient (Wildman–Crippen LogP) is 3.82. The lowest BCUT2D eigenvalue weighted by Gasteiger charge is -2.28. The zero-order valence-electron chi connectivity index (χ0n) is 19.2. The molecule has 9 heteroatoms. The van der Waals surface area contributed by atoms with E-state index in [1.807, 2.05) is 43.3 Å². The summed E-state index contributed by atoms with van der Waals surface area (Å²) in [5.41, 5.74) is 2.69. The summed E-state index contributed by atoms with van der Waals surface area (Å²) in [6.07, 6.45) is 0. The maximum absolute atomic E-state index is 12.9. The van der Waals surface area contributed by atoms with Gasteiger partial charge in [-0.3, -0.25) is 0 Å². The first-order valence-electron chi connectivity index (χ1n) is 10.5. The van der Waals surface area contributed by atoms with Gasteiger partial charge < -0.3 is 24.3 Å². The molecule has 1 aliphatic rings. The highest BCUT2D eigenvalue weighted by Gasteiger charge is 2.35. The summed E-state index contributed by atoms with van der Waals surface area (Å²) in [5, 5.41) is 7.96. The van der Waals surface area contributed by atoms with E-state index in [1.165, 1.54) is 0 Å². The van der Waals surface area contributed by atoms with Gasteiger partial charge in [-0.25, -0.2) is 9.48 Å². The Morgan fingerprint density at radius 3 is 2.21 bits per heavy atom. The summed E-state index contributed by atoms with van der Waals surface area (Å²) < 4.78 is 23.1. The molecular weight excluding hydrogens is 424 g/mol. The summed E-state index contributed by atoms with van der Waals surface area (Å²) in [7, 11) is 4.78. The SMILES string of the molecule is CCOC(=O)C1=C(C)Nc2nc(-c3cc(OC)cc(OC)c3)nn2C1c1ccc(OC)cc1. The van der Waals surface area contributed by atoms with E-state index in [4.69, 9.17) is 29.0 Å². The number of carbonyl (C=O) groups is 1. The van der Waals surface area contributed by atoms with Gasteiger partial charge in [0.15, 0.2) is 5.82 Å². The molecular formula is C24H26N4O5. The number of rotatable bonds is 7. The molecule has 1 unspecified atom stereocenters. The monoisotopic (exact) mass is 450 g/mol. The van der Waals surface area contributed by atoms with E-state index < -0.39 is 12.0 Å². The van der Waals surface area contributed by atoms with Crippen molar-refractivity contribution in [2.45, 2.75) is 19.9 Å². The lowest BCUT2D eigenvalue weighted by molar-refractivity contribution is -0.139. The number of methoxy groups -OCH3 is 3. The minimum atomic E-state index is -0.528. The molecule has 0 fully saturated rings. The number of fused-ring (bicyclic) bond motifs is 1. The average Bonchev–Trinajstić information content (AvgIpc) is 3.26. The molecule has 0 bridgehead atoms. The third-order valence-electron chi connectivity index (χ3n) is 5.39. The minimum absolute atomic E-state index is 0.268. The molecule has 1 atom stereocenters. The van der Waals surface area contributed by atoms with Crippen molar-refractivity contribution < 1.29 is 23.7 Å². The second-order valence-electron chi connectivity index (χ2n) is 7.36. The Morgan fingerprint density at radius 2 is 1.64 bits per heavy atom. The van der Waals surface area contributed by atoms with Crippen LogP contribution in [-0.4, -0.2) is 48.7 Å². The van der Waals surface area contributed by atoms with Gasteiger partial charge >= 0.3 is 5.97 Å². The summed E-state index contributed by atoms with van der Waals surface area (Å²) in [6.45, 7) is 3.88. The fourth-order valence-corrected chi connectivity index (χ4v) is 3.78. The van der Waals surface area contributed by atoms with Gasteiger partial charge in [0.2, 0.25) is 5.95 Å². The molecule has 0 saturated carbocycles. The topological polar surface area (TPSA) is 96.7 Å². The molecule has 9 nitrogen and oxygen atoms in total. The van der Waals surface area contributed by atoms with E-state index in [9.17, 15) is 4.79 Å². The quantitative estimate of drug-likeness (QED) is 0.543. The van der Waals surface area contributed by atoms with Gasteiger partial charge in [0, 0.05) is 17.3 Å². The third kappa shape index (κ3) is 4.21. The summed E-state index contributed by atoms with van der Waals surface area (Å²) in [5.74, 6) is 2.53. The number of ether oxygens (including phenoxy) is 4. The van der Waals surface area contributed by atoms with Crippen LogP contribution in [0.4, 0.5) is 5.95 Å². The highest BCUT2D eigenvalue weighted by Crippen LogP contribution is 2.38. The number of anilines is 1. The Bertz CT molecular complexity index is 1180. The molecule has 0 saturated heterocycles. The van der Waals surface area contributed by atoms with Crippen molar-refractivity contribution in [2.24, 2.45) is 0 Å². The Hall–Kier alpha value is -4.01. The smallest absolute Gasteiger partial charge is 0.338 e. The second kappa shape index (κ2) is 9.23. The number of benzene rings is 2. The Balaban J connectivity index is 1.85. The van der Waals surface area contributed by atoms with E-state index in [1.54, 1.807) is 39.0 Å². The minimum Gasteiger partial charge on any atom is -0.497 e.